The number of para-hydroxylation sites is 1. The van der Waals surface area contributed by atoms with Crippen LogP contribution in [0.2, 0.25) is 10.0 Å². The molecule has 0 radical (unpaired) electrons. The fraction of sp³-hybridized carbons (Fsp3) is 0. The van der Waals surface area contributed by atoms with Crippen LogP contribution >= 0.6 is 35.0 Å². The van der Waals surface area contributed by atoms with E-state index in [0.717, 1.165) is 5.56 Å². The zero-order valence-electron chi connectivity index (χ0n) is 17.0. The van der Waals surface area contributed by atoms with Crippen molar-refractivity contribution < 1.29 is 9.21 Å². The number of hydrogen-bond donors (Lipinski definition) is 0. The maximum Gasteiger partial charge on any atom is 0.271 e. The van der Waals surface area contributed by atoms with Crippen LogP contribution in [0, 0.1) is 0 Å². The van der Waals surface area contributed by atoms with Gasteiger partial charge in [-0.25, -0.2) is 4.99 Å². The summed E-state index contributed by atoms with van der Waals surface area (Å²) in [4.78, 5) is 24.1. The van der Waals surface area contributed by atoms with Crippen molar-refractivity contribution in [1.82, 2.24) is 4.98 Å². The highest BCUT2D eigenvalue weighted by atomic mass is 35.5. The molecule has 1 aliphatic rings. The van der Waals surface area contributed by atoms with Gasteiger partial charge in [0.15, 0.2) is 5.17 Å². The van der Waals surface area contributed by atoms with Crippen molar-refractivity contribution in [1.29, 1.82) is 0 Å². The summed E-state index contributed by atoms with van der Waals surface area (Å²) in [6, 6.07) is 22.1. The number of thioether (sulfide) groups is 1. The van der Waals surface area contributed by atoms with Crippen molar-refractivity contribution in [3.63, 3.8) is 0 Å². The quantitative estimate of drug-likeness (QED) is 0.278. The van der Waals surface area contributed by atoms with Crippen LogP contribution in [-0.4, -0.2) is 16.1 Å². The zero-order valence-corrected chi connectivity index (χ0v) is 19.3. The third-order valence-corrected chi connectivity index (χ3v) is 6.29. The molecule has 3 heterocycles. The molecule has 4 aromatic rings. The van der Waals surface area contributed by atoms with Crippen LogP contribution in [0.4, 0.5) is 11.4 Å². The molecule has 162 valence electrons. The number of carbonyl (C=O) groups is 1. The van der Waals surface area contributed by atoms with E-state index in [-0.39, 0.29) is 5.91 Å². The second kappa shape index (κ2) is 9.27. The normalized spacial score (nSPS) is 16.2. The maximum absolute atomic E-state index is 13.4. The van der Waals surface area contributed by atoms with E-state index in [1.165, 1.54) is 18.0 Å². The van der Waals surface area contributed by atoms with E-state index < -0.39 is 0 Å². The summed E-state index contributed by atoms with van der Waals surface area (Å²) in [6.07, 6.45) is 4.84. The first-order valence-corrected chi connectivity index (χ1v) is 11.5. The van der Waals surface area contributed by atoms with E-state index in [1.807, 2.05) is 60.7 Å². The first-order valence-electron chi connectivity index (χ1n) is 9.91. The molecule has 0 atom stereocenters. The summed E-state index contributed by atoms with van der Waals surface area (Å²) in [6.45, 7) is 0. The third-order valence-electron chi connectivity index (χ3n) is 4.80. The molecule has 2 aromatic heterocycles. The Labute approximate surface area is 204 Å². The fourth-order valence-corrected chi connectivity index (χ4v) is 4.60. The van der Waals surface area contributed by atoms with Gasteiger partial charge in [0.1, 0.15) is 11.5 Å². The Bertz CT molecular complexity index is 1400. The molecule has 5 rings (SSSR count). The number of halogens is 2. The number of hydrogen-bond acceptors (Lipinski definition) is 5. The summed E-state index contributed by atoms with van der Waals surface area (Å²) in [5, 5.41) is 1.52. The van der Waals surface area contributed by atoms with Gasteiger partial charge < -0.3 is 4.42 Å². The largest absolute Gasteiger partial charge is 0.457 e. The maximum atomic E-state index is 13.4. The molecular formula is C25H15Cl2N3O2S. The lowest BCUT2D eigenvalue weighted by atomic mass is 10.2. The Balaban J connectivity index is 1.52. The van der Waals surface area contributed by atoms with Crippen LogP contribution in [0.25, 0.3) is 17.4 Å². The molecule has 0 saturated carbocycles. The number of amides is 1. The average Bonchev–Trinajstić information content (AvgIpc) is 3.41. The summed E-state index contributed by atoms with van der Waals surface area (Å²) in [7, 11) is 0. The molecular weight excluding hydrogens is 477 g/mol. The number of furan rings is 1. The Morgan fingerprint density at radius 1 is 1.00 bits per heavy atom. The van der Waals surface area contributed by atoms with Gasteiger partial charge in [-0.15, -0.1) is 0 Å². The molecule has 5 nitrogen and oxygen atoms in total. The monoisotopic (exact) mass is 491 g/mol. The molecule has 1 amide bonds. The highest BCUT2D eigenvalue weighted by Gasteiger charge is 2.35. The van der Waals surface area contributed by atoms with Gasteiger partial charge in [-0.1, -0.05) is 53.5 Å². The number of pyridine rings is 1. The van der Waals surface area contributed by atoms with Crippen LogP contribution in [-0.2, 0) is 4.79 Å². The van der Waals surface area contributed by atoms with Crippen molar-refractivity contribution in [2.45, 2.75) is 0 Å². The molecule has 0 N–H and O–H groups in total. The van der Waals surface area contributed by atoms with Gasteiger partial charge in [0.25, 0.3) is 5.91 Å². The van der Waals surface area contributed by atoms with E-state index in [2.05, 4.69) is 9.98 Å². The summed E-state index contributed by atoms with van der Waals surface area (Å²) in [5.74, 6) is 1.02. The summed E-state index contributed by atoms with van der Waals surface area (Å²) >= 11 is 13.6. The standard InChI is InChI=1S/C25H15Cl2N3O2S/c26-17-6-4-5-16(13-17)22-10-9-19(32-22)14-23-24(31)30(18-7-2-1-3-8-18)25(33-23)29-21-11-12-28-15-20(21)27/h1-15H/b23-14+,29-25?. The molecule has 33 heavy (non-hydrogen) atoms. The van der Waals surface area contributed by atoms with E-state index >= 15 is 0 Å². The first-order chi connectivity index (χ1) is 16.1. The smallest absolute Gasteiger partial charge is 0.271 e. The number of aromatic nitrogens is 1. The van der Waals surface area contributed by atoms with Gasteiger partial charge in [0.2, 0.25) is 0 Å². The number of amidine groups is 1. The van der Waals surface area contributed by atoms with Crippen molar-refractivity contribution in [2.24, 2.45) is 4.99 Å². The third kappa shape index (κ3) is 4.59. The molecule has 0 bridgehead atoms. The van der Waals surface area contributed by atoms with Gasteiger partial charge in [-0.3, -0.25) is 14.7 Å². The molecule has 1 saturated heterocycles. The topological polar surface area (TPSA) is 58.7 Å². The van der Waals surface area contributed by atoms with Crippen LogP contribution in [0.5, 0.6) is 0 Å². The van der Waals surface area contributed by atoms with Crippen LogP contribution in [0.15, 0.2) is 99.5 Å². The minimum Gasteiger partial charge on any atom is -0.457 e. The number of anilines is 1. The van der Waals surface area contributed by atoms with Gasteiger partial charge >= 0.3 is 0 Å². The van der Waals surface area contributed by atoms with Crippen LogP contribution < -0.4 is 4.90 Å². The predicted molar refractivity (Wildman–Crippen MR) is 135 cm³/mol. The Hall–Kier alpha value is -3.32. The lowest BCUT2D eigenvalue weighted by Gasteiger charge is -2.15. The molecule has 2 aromatic carbocycles. The average molecular weight is 492 g/mol. The van der Waals surface area contributed by atoms with E-state index in [4.69, 9.17) is 27.6 Å². The second-order valence-corrected chi connectivity index (χ2v) is 8.87. The number of aliphatic imine (C=N–C) groups is 1. The van der Waals surface area contributed by atoms with Crippen molar-refractivity contribution >= 4 is 63.5 Å². The number of rotatable bonds is 4. The predicted octanol–water partition coefficient (Wildman–Crippen LogP) is 7.46. The highest BCUT2D eigenvalue weighted by Crippen LogP contribution is 2.38. The summed E-state index contributed by atoms with van der Waals surface area (Å²) in [5.41, 5.74) is 2.10. The minimum atomic E-state index is -0.198. The molecule has 8 heteroatoms. The second-order valence-electron chi connectivity index (χ2n) is 7.02. The molecule has 1 fully saturated rings. The van der Waals surface area contributed by atoms with E-state index in [1.54, 1.807) is 29.3 Å². The lowest BCUT2D eigenvalue weighted by Crippen LogP contribution is -2.28. The Morgan fingerprint density at radius 2 is 1.85 bits per heavy atom. The number of nitrogens with zero attached hydrogens (tertiary/aromatic N) is 3. The van der Waals surface area contributed by atoms with Crippen LogP contribution in [0.3, 0.4) is 0 Å². The fourth-order valence-electron chi connectivity index (χ4n) is 3.27. The SMILES string of the molecule is O=C1/C(=C\c2ccc(-c3cccc(Cl)c3)o2)SC(=Nc2ccncc2Cl)N1c1ccccc1. The van der Waals surface area contributed by atoms with Gasteiger partial charge in [-0.2, -0.15) is 0 Å². The molecule has 0 unspecified atom stereocenters. The van der Waals surface area contributed by atoms with Crippen molar-refractivity contribution in [3.05, 3.63) is 106 Å². The van der Waals surface area contributed by atoms with Gasteiger partial charge in [0, 0.05) is 29.1 Å². The molecule has 0 aliphatic carbocycles. The van der Waals surface area contributed by atoms with E-state index in [9.17, 15) is 4.79 Å². The van der Waals surface area contributed by atoms with E-state index in [0.29, 0.717) is 43.0 Å². The van der Waals surface area contributed by atoms with Crippen molar-refractivity contribution in [3.8, 4) is 11.3 Å². The van der Waals surface area contributed by atoms with Gasteiger partial charge in [-0.05, 0) is 54.2 Å². The number of carbonyl (C=O) groups excluding carboxylic acids is 1. The molecule has 0 spiro atoms. The summed E-state index contributed by atoms with van der Waals surface area (Å²) < 4.78 is 5.96. The molecule has 1 aliphatic heterocycles. The lowest BCUT2D eigenvalue weighted by molar-refractivity contribution is -0.113. The van der Waals surface area contributed by atoms with Crippen LogP contribution in [0.1, 0.15) is 5.76 Å². The Kier molecular flexibility index (Phi) is 6.05. The minimum absolute atomic E-state index is 0.198. The number of benzene rings is 2. The van der Waals surface area contributed by atoms with Gasteiger partial charge in [0.05, 0.1) is 21.3 Å². The highest BCUT2D eigenvalue weighted by molar-refractivity contribution is 8.19. The zero-order chi connectivity index (χ0) is 22.8. The van der Waals surface area contributed by atoms with Crippen molar-refractivity contribution in [2.75, 3.05) is 4.90 Å². The first kappa shape index (κ1) is 21.5. The Morgan fingerprint density at radius 3 is 2.64 bits per heavy atom.